The zero-order valence-corrected chi connectivity index (χ0v) is 19.3. The van der Waals surface area contributed by atoms with Crippen molar-refractivity contribution in [2.75, 3.05) is 18.4 Å². The van der Waals surface area contributed by atoms with E-state index in [9.17, 15) is 27.2 Å². The maximum Gasteiger partial charge on any atom is 0.490 e. The van der Waals surface area contributed by atoms with Gasteiger partial charge < -0.3 is 25.5 Å². The maximum atomic E-state index is 13.3. The van der Waals surface area contributed by atoms with Crippen LogP contribution in [0.4, 0.5) is 28.0 Å². The van der Waals surface area contributed by atoms with Gasteiger partial charge in [-0.05, 0) is 48.7 Å². The van der Waals surface area contributed by atoms with Crippen LogP contribution in [0.15, 0.2) is 53.9 Å². The molecule has 3 N–H and O–H groups in total. The third-order valence-electron chi connectivity index (χ3n) is 5.45. The van der Waals surface area contributed by atoms with E-state index in [1.165, 1.54) is 18.2 Å². The van der Waals surface area contributed by atoms with Crippen LogP contribution < -0.4 is 10.6 Å². The van der Waals surface area contributed by atoms with Crippen LogP contribution >= 0.6 is 0 Å². The van der Waals surface area contributed by atoms with Gasteiger partial charge in [0, 0.05) is 37.6 Å². The number of hydrogen-bond donors (Lipinski definition) is 3. The number of carbonyl (C=O) groups is 3. The van der Waals surface area contributed by atoms with Crippen molar-refractivity contribution in [3.8, 4) is 0 Å². The van der Waals surface area contributed by atoms with Crippen LogP contribution in [0.3, 0.4) is 0 Å². The fourth-order valence-corrected chi connectivity index (χ4v) is 3.69. The van der Waals surface area contributed by atoms with Gasteiger partial charge in [0.2, 0.25) is 0 Å². The van der Waals surface area contributed by atoms with E-state index < -0.39 is 23.6 Å². The smallest absolute Gasteiger partial charge is 0.475 e. The zero-order chi connectivity index (χ0) is 27.1. The third kappa shape index (κ3) is 7.88. The van der Waals surface area contributed by atoms with E-state index in [0.717, 1.165) is 12.0 Å². The van der Waals surface area contributed by atoms with Gasteiger partial charge in [-0.25, -0.2) is 14.0 Å². The average Bonchev–Trinajstić information content (AvgIpc) is 3.26. The Labute approximate surface area is 208 Å². The SMILES string of the molecule is O=C(NCc1ccncc1)C1=NOC2(CCCN(C(=O)Nc3cccc(F)c3)C2)C1.O=C(O)C(F)(F)F. The zero-order valence-electron chi connectivity index (χ0n) is 19.3. The molecule has 1 unspecified atom stereocenters. The highest BCUT2D eigenvalue weighted by molar-refractivity contribution is 6.39. The number of carbonyl (C=O) groups excluding carboxylic acids is 2. The van der Waals surface area contributed by atoms with Crippen molar-refractivity contribution in [3.05, 3.63) is 60.2 Å². The number of urea groups is 1. The Hall–Kier alpha value is -4.23. The van der Waals surface area contributed by atoms with Crippen molar-refractivity contribution in [2.45, 2.75) is 37.6 Å². The lowest BCUT2D eigenvalue weighted by atomic mass is 9.88. The number of nitrogens with one attached hydrogen (secondary N) is 2. The van der Waals surface area contributed by atoms with E-state index >= 15 is 0 Å². The lowest BCUT2D eigenvalue weighted by molar-refractivity contribution is -0.192. The summed E-state index contributed by atoms with van der Waals surface area (Å²) in [7, 11) is 0. The second-order valence-electron chi connectivity index (χ2n) is 8.30. The van der Waals surface area contributed by atoms with Gasteiger partial charge in [0.1, 0.15) is 11.5 Å². The molecule has 3 heterocycles. The minimum Gasteiger partial charge on any atom is -0.475 e. The van der Waals surface area contributed by atoms with E-state index in [1.54, 1.807) is 23.4 Å². The molecule has 14 heteroatoms. The van der Waals surface area contributed by atoms with Crippen LogP contribution in [0.5, 0.6) is 0 Å². The predicted octanol–water partition coefficient (Wildman–Crippen LogP) is 3.31. The Bertz CT molecular complexity index is 1160. The molecule has 0 saturated carbocycles. The molecule has 37 heavy (non-hydrogen) atoms. The minimum atomic E-state index is -5.08. The summed E-state index contributed by atoms with van der Waals surface area (Å²) in [6.45, 7) is 1.23. The first-order chi connectivity index (χ1) is 17.5. The molecule has 1 atom stereocenters. The molecule has 4 rings (SSSR count). The van der Waals surface area contributed by atoms with Gasteiger partial charge in [-0.3, -0.25) is 9.78 Å². The number of nitrogens with zero attached hydrogens (tertiary/aromatic N) is 3. The number of rotatable bonds is 4. The first-order valence-electron chi connectivity index (χ1n) is 11.0. The highest BCUT2D eigenvalue weighted by Gasteiger charge is 2.45. The molecule has 0 aliphatic carbocycles. The summed E-state index contributed by atoms with van der Waals surface area (Å²) in [4.78, 5) is 45.2. The van der Waals surface area contributed by atoms with Crippen LogP contribution in [0, 0.1) is 5.82 Å². The molecule has 2 aliphatic rings. The maximum absolute atomic E-state index is 13.3. The standard InChI is InChI=1S/C21H22FN5O3.C2HF3O2/c22-16-3-1-4-17(11-16)25-20(29)27-10-2-7-21(14-27)12-18(26-30-21)19(28)24-13-15-5-8-23-9-6-15;3-2(4,5)1(6)7/h1,3-6,8-9,11H,2,7,10,12-14H2,(H,24,28)(H,25,29);(H,6,7). The first-order valence-corrected chi connectivity index (χ1v) is 11.0. The number of aromatic nitrogens is 1. The Morgan fingerprint density at radius 2 is 1.86 bits per heavy atom. The van der Waals surface area contributed by atoms with E-state index in [4.69, 9.17) is 14.7 Å². The number of oxime groups is 1. The molecule has 0 bridgehead atoms. The Morgan fingerprint density at radius 1 is 1.16 bits per heavy atom. The molecule has 1 aromatic carbocycles. The van der Waals surface area contributed by atoms with Crippen molar-refractivity contribution in [1.82, 2.24) is 15.2 Å². The second-order valence-corrected chi connectivity index (χ2v) is 8.30. The molecule has 1 saturated heterocycles. The molecule has 2 aromatic rings. The average molecular weight is 525 g/mol. The largest absolute Gasteiger partial charge is 0.490 e. The molecule has 1 aromatic heterocycles. The molecule has 2 aliphatic heterocycles. The number of carboxylic acid groups (broad SMARTS) is 1. The molecule has 10 nitrogen and oxygen atoms in total. The number of likely N-dealkylation sites (tertiary alicyclic amines) is 1. The Morgan fingerprint density at radius 3 is 2.51 bits per heavy atom. The number of amides is 3. The highest BCUT2D eigenvalue weighted by Crippen LogP contribution is 2.33. The number of aliphatic carboxylic acids is 1. The fraction of sp³-hybridized carbons (Fsp3) is 0.348. The summed E-state index contributed by atoms with van der Waals surface area (Å²) in [5.41, 5.74) is 0.933. The summed E-state index contributed by atoms with van der Waals surface area (Å²) >= 11 is 0. The highest BCUT2D eigenvalue weighted by atomic mass is 19.4. The quantitative estimate of drug-likeness (QED) is 0.525. The summed E-state index contributed by atoms with van der Waals surface area (Å²) in [5.74, 6) is -3.46. The number of piperidine rings is 1. The predicted molar refractivity (Wildman–Crippen MR) is 122 cm³/mol. The van der Waals surface area contributed by atoms with Gasteiger partial charge in [0.15, 0.2) is 5.60 Å². The lowest BCUT2D eigenvalue weighted by Gasteiger charge is -2.38. The van der Waals surface area contributed by atoms with Gasteiger partial charge in [-0.15, -0.1) is 0 Å². The van der Waals surface area contributed by atoms with Gasteiger partial charge >= 0.3 is 18.2 Å². The Balaban J connectivity index is 0.000000479. The molecular formula is C23H23F4N5O5. The van der Waals surface area contributed by atoms with E-state index in [0.29, 0.717) is 43.9 Å². The van der Waals surface area contributed by atoms with Crippen LogP contribution in [-0.4, -0.2) is 63.5 Å². The number of hydrogen-bond acceptors (Lipinski definition) is 6. The van der Waals surface area contributed by atoms with Crippen LogP contribution in [-0.2, 0) is 21.0 Å². The van der Waals surface area contributed by atoms with Gasteiger partial charge in [-0.1, -0.05) is 11.2 Å². The number of anilines is 1. The molecule has 0 radical (unpaired) electrons. The number of benzene rings is 1. The topological polar surface area (TPSA) is 133 Å². The number of carboxylic acids is 1. The molecule has 1 spiro atoms. The third-order valence-corrected chi connectivity index (χ3v) is 5.45. The lowest BCUT2D eigenvalue weighted by Crippen LogP contribution is -2.52. The number of halogens is 4. The summed E-state index contributed by atoms with van der Waals surface area (Å²) in [5, 5.41) is 16.7. The van der Waals surface area contributed by atoms with Crippen molar-refractivity contribution < 1.29 is 41.9 Å². The van der Waals surface area contributed by atoms with Crippen molar-refractivity contribution in [2.24, 2.45) is 5.16 Å². The molecule has 198 valence electrons. The monoisotopic (exact) mass is 525 g/mol. The molecule has 3 amide bonds. The van der Waals surface area contributed by atoms with Crippen molar-refractivity contribution in [1.29, 1.82) is 0 Å². The van der Waals surface area contributed by atoms with E-state index in [2.05, 4.69) is 20.8 Å². The van der Waals surface area contributed by atoms with Crippen molar-refractivity contribution in [3.63, 3.8) is 0 Å². The summed E-state index contributed by atoms with van der Waals surface area (Å²) in [6.07, 6.45) is -0.00531. The van der Waals surface area contributed by atoms with Crippen LogP contribution in [0.25, 0.3) is 0 Å². The molecule has 1 fully saturated rings. The van der Waals surface area contributed by atoms with Crippen molar-refractivity contribution >= 4 is 29.3 Å². The van der Waals surface area contributed by atoms with E-state index in [-0.39, 0.29) is 11.9 Å². The number of pyridine rings is 1. The van der Waals surface area contributed by atoms with E-state index in [1.807, 2.05) is 12.1 Å². The fourth-order valence-electron chi connectivity index (χ4n) is 3.69. The van der Waals surface area contributed by atoms with Gasteiger partial charge in [0.25, 0.3) is 5.91 Å². The first kappa shape index (κ1) is 27.4. The minimum absolute atomic E-state index is 0.287. The normalized spacial score (nSPS) is 18.7. The molecular weight excluding hydrogens is 502 g/mol. The summed E-state index contributed by atoms with van der Waals surface area (Å²) in [6, 6.07) is 9.05. The van der Waals surface area contributed by atoms with Gasteiger partial charge in [0.05, 0.1) is 6.54 Å². The summed E-state index contributed by atoms with van der Waals surface area (Å²) < 4.78 is 45.1. The van der Waals surface area contributed by atoms with Crippen LogP contribution in [0.2, 0.25) is 0 Å². The number of alkyl halides is 3. The van der Waals surface area contributed by atoms with Crippen LogP contribution in [0.1, 0.15) is 24.8 Å². The second kappa shape index (κ2) is 11.7. The Kier molecular flexibility index (Phi) is 8.63. The van der Waals surface area contributed by atoms with Gasteiger partial charge in [-0.2, -0.15) is 13.2 Å².